The lowest BCUT2D eigenvalue weighted by molar-refractivity contribution is 0.619. The molecule has 0 saturated carbocycles. The van der Waals surface area contributed by atoms with Crippen molar-refractivity contribution in [1.82, 2.24) is 9.78 Å². The van der Waals surface area contributed by atoms with E-state index in [1.54, 1.807) is 12.3 Å². The number of halogens is 2. The molecule has 0 amide bonds. The van der Waals surface area contributed by atoms with Crippen LogP contribution in [0.3, 0.4) is 0 Å². The lowest BCUT2D eigenvalue weighted by Gasteiger charge is -2.10. The minimum Gasteiger partial charge on any atom is -0.383 e. The summed E-state index contributed by atoms with van der Waals surface area (Å²) in [6.45, 7) is 3.41. The molecule has 2 rings (SSSR count). The second kappa shape index (κ2) is 5.31. The minimum absolute atomic E-state index is 0.253. The van der Waals surface area contributed by atoms with Gasteiger partial charge in [0, 0.05) is 24.6 Å². The van der Waals surface area contributed by atoms with Crippen molar-refractivity contribution in [2.45, 2.75) is 13.5 Å². The maximum Gasteiger partial charge on any atom is 0.139 e. The summed E-state index contributed by atoms with van der Waals surface area (Å²) in [5, 5.41) is 7.29. The van der Waals surface area contributed by atoms with Crippen LogP contribution in [-0.4, -0.2) is 16.3 Å². The maximum atomic E-state index is 13.4. The van der Waals surface area contributed by atoms with Crippen LogP contribution in [0.5, 0.6) is 0 Å². The Kier molecular flexibility index (Phi) is 3.78. The lowest BCUT2D eigenvalue weighted by atomic mass is 10.2. The zero-order valence-corrected chi connectivity index (χ0v) is 11.0. The number of nitrogens with one attached hydrogen (secondary N) is 1. The van der Waals surface area contributed by atoms with E-state index in [-0.39, 0.29) is 5.82 Å². The zero-order valence-electron chi connectivity index (χ0n) is 9.45. The molecule has 2 aromatic rings. The van der Waals surface area contributed by atoms with Gasteiger partial charge in [0.05, 0.1) is 11.0 Å². The van der Waals surface area contributed by atoms with Gasteiger partial charge >= 0.3 is 0 Å². The monoisotopic (exact) mass is 297 g/mol. The first-order valence-corrected chi connectivity index (χ1v) is 6.13. The fourth-order valence-corrected chi connectivity index (χ4v) is 2.03. The number of aromatic nitrogens is 2. The molecule has 0 bridgehead atoms. The Morgan fingerprint density at radius 3 is 3.00 bits per heavy atom. The van der Waals surface area contributed by atoms with Gasteiger partial charge in [0.2, 0.25) is 0 Å². The standard InChI is InChI=1S/C12H13BrFN3/c1-9-7-10(13)11(14)8-12(9)15-4-6-17-5-2-3-16-17/h2-3,5,7-8,15H,4,6H2,1H3. The predicted molar refractivity (Wildman–Crippen MR) is 69.6 cm³/mol. The van der Waals surface area contributed by atoms with E-state index < -0.39 is 0 Å². The van der Waals surface area contributed by atoms with Crippen molar-refractivity contribution in [3.05, 3.63) is 46.4 Å². The van der Waals surface area contributed by atoms with Gasteiger partial charge in [-0.2, -0.15) is 5.10 Å². The van der Waals surface area contributed by atoms with Gasteiger partial charge in [-0.25, -0.2) is 4.39 Å². The van der Waals surface area contributed by atoms with Crippen LogP contribution in [0, 0.1) is 12.7 Å². The zero-order chi connectivity index (χ0) is 12.3. The van der Waals surface area contributed by atoms with Gasteiger partial charge in [-0.3, -0.25) is 4.68 Å². The summed E-state index contributed by atoms with van der Waals surface area (Å²) < 4.78 is 15.7. The summed E-state index contributed by atoms with van der Waals surface area (Å²) >= 11 is 3.16. The van der Waals surface area contributed by atoms with Gasteiger partial charge in [-0.15, -0.1) is 0 Å². The van der Waals surface area contributed by atoms with Crippen LogP contribution >= 0.6 is 15.9 Å². The van der Waals surface area contributed by atoms with Gasteiger partial charge in [0.15, 0.2) is 0 Å². The Balaban J connectivity index is 1.97. The second-order valence-electron chi connectivity index (χ2n) is 3.78. The highest BCUT2D eigenvalue weighted by molar-refractivity contribution is 9.10. The van der Waals surface area contributed by atoms with Gasteiger partial charge in [-0.1, -0.05) is 0 Å². The molecule has 0 spiro atoms. The molecule has 0 aliphatic carbocycles. The first-order chi connectivity index (χ1) is 8.16. The van der Waals surface area contributed by atoms with E-state index in [0.717, 1.165) is 17.8 Å². The van der Waals surface area contributed by atoms with Gasteiger partial charge < -0.3 is 5.32 Å². The molecule has 0 radical (unpaired) electrons. The number of benzene rings is 1. The van der Waals surface area contributed by atoms with Crippen molar-refractivity contribution in [3.63, 3.8) is 0 Å². The molecular formula is C12H13BrFN3. The Morgan fingerprint density at radius 1 is 1.47 bits per heavy atom. The molecule has 0 saturated heterocycles. The number of rotatable bonds is 4. The highest BCUT2D eigenvalue weighted by atomic mass is 79.9. The van der Waals surface area contributed by atoms with Crippen molar-refractivity contribution < 1.29 is 4.39 Å². The van der Waals surface area contributed by atoms with Crippen LogP contribution in [-0.2, 0) is 6.54 Å². The average molecular weight is 298 g/mol. The molecule has 90 valence electrons. The highest BCUT2D eigenvalue weighted by Crippen LogP contribution is 2.23. The number of anilines is 1. The molecule has 17 heavy (non-hydrogen) atoms. The summed E-state index contributed by atoms with van der Waals surface area (Å²) in [5.41, 5.74) is 1.83. The number of nitrogens with zero attached hydrogens (tertiary/aromatic N) is 2. The topological polar surface area (TPSA) is 29.9 Å². The van der Waals surface area contributed by atoms with Gasteiger partial charge in [0.1, 0.15) is 5.82 Å². The van der Waals surface area contributed by atoms with Crippen molar-refractivity contribution in [3.8, 4) is 0 Å². The molecule has 0 aliphatic heterocycles. The number of aryl methyl sites for hydroxylation is 1. The Morgan fingerprint density at radius 2 is 2.29 bits per heavy atom. The van der Waals surface area contributed by atoms with Crippen molar-refractivity contribution in [2.75, 3.05) is 11.9 Å². The average Bonchev–Trinajstić information content (AvgIpc) is 2.78. The van der Waals surface area contributed by atoms with E-state index in [1.807, 2.05) is 23.9 Å². The molecule has 0 unspecified atom stereocenters. The molecule has 1 aromatic heterocycles. The Labute approximate surface area is 108 Å². The Bertz CT molecular complexity index is 497. The first kappa shape index (κ1) is 12.1. The van der Waals surface area contributed by atoms with Crippen LogP contribution in [0.1, 0.15) is 5.56 Å². The molecule has 0 aliphatic rings. The van der Waals surface area contributed by atoms with E-state index in [4.69, 9.17) is 0 Å². The van der Waals surface area contributed by atoms with E-state index in [0.29, 0.717) is 11.0 Å². The predicted octanol–water partition coefficient (Wildman–Crippen LogP) is 3.21. The SMILES string of the molecule is Cc1cc(Br)c(F)cc1NCCn1cccn1. The van der Waals surface area contributed by atoms with E-state index in [1.165, 1.54) is 6.07 Å². The maximum absolute atomic E-state index is 13.4. The first-order valence-electron chi connectivity index (χ1n) is 5.34. The summed E-state index contributed by atoms with van der Waals surface area (Å²) in [7, 11) is 0. The summed E-state index contributed by atoms with van der Waals surface area (Å²) in [5.74, 6) is -0.253. The van der Waals surface area contributed by atoms with Crippen LogP contribution in [0.25, 0.3) is 0 Å². The van der Waals surface area contributed by atoms with E-state index in [9.17, 15) is 4.39 Å². The van der Waals surface area contributed by atoms with Crippen molar-refractivity contribution in [1.29, 1.82) is 0 Å². The molecule has 1 aromatic carbocycles. The van der Waals surface area contributed by atoms with Crippen LogP contribution in [0.15, 0.2) is 35.1 Å². The van der Waals surface area contributed by atoms with Gasteiger partial charge in [-0.05, 0) is 46.6 Å². The Hall–Kier alpha value is -1.36. The van der Waals surface area contributed by atoms with Crippen molar-refractivity contribution >= 4 is 21.6 Å². The number of hydrogen-bond donors (Lipinski definition) is 1. The van der Waals surface area contributed by atoms with E-state index >= 15 is 0 Å². The normalized spacial score (nSPS) is 10.5. The van der Waals surface area contributed by atoms with Crippen molar-refractivity contribution in [2.24, 2.45) is 0 Å². The second-order valence-corrected chi connectivity index (χ2v) is 4.63. The summed E-state index contributed by atoms with van der Waals surface area (Å²) in [6.07, 6.45) is 3.64. The molecule has 0 fully saturated rings. The summed E-state index contributed by atoms with van der Waals surface area (Å²) in [6, 6.07) is 5.15. The third-order valence-electron chi connectivity index (χ3n) is 2.48. The highest BCUT2D eigenvalue weighted by Gasteiger charge is 2.04. The lowest BCUT2D eigenvalue weighted by Crippen LogP contribution is -2.11. The number of hydrogen-bond acceptors (Lipinski definition) is 2. The molecule has 1 N–H and O–H groups in total. The fourth-order valence-electron chi connectivity index (χ4n) is 1.57. The van der Waals surface area contributed by atoms with Crippen LogP contribution in [0.2, 0.25) is 0 Å². The van der Waals surface area contributed by atoms with Gasteiger partial charge in [0.25, 0.3) is 0 Å². The van der Waals surface area contributed by atoms with Crippen LogP contribution in [0.4, 0.5) is 10.1 Å². The third kappa shape index (κ3) is 3.06. The molecule has 5 heteroatoms. The third-order valence-corrected chi connectivity index (χ3v) is 3.09. The van der Waals surface area contributed by atoms with E-state index in [2.05, 4.69) is 26.3 Å². The molecular weight excluding hydrogens is 285 g/mol. The smallest absolute Gasteiger partial charge is 0.139 e. The largest absolute Gasteiger partial charge is 0.383 e. The molecule has 0 atom stereocenters. The minimum atomic E-state index is -0.253. The van der Waals surface area contributed by atoms with Crippen LogP contribution < -0.4 is 5.32 Å². The molecule has 3 nitrogen and oxygen atoms in total. The molecule has 1 heterocycles. The summed E-state index contributed by atoms with van der Waals surface area (Å²) in [4.78, 5) is 0. The quantitative estimate of drug-likeness (QED) is 0.939. The fraction of sp³-hybridized carbons (Fsp3) is 0.250.